The summed E-state index contributed by atoms with van der Waals surface area (Å²) in [7, 11) is 0. The minimum Gasteiger partial charge on any atom is -0.488 e. The summed E-state index contributed by atoms with van der Waals surface area (Å²) in [5.41, 5.74) is 2.96. The largest absolute Gasteiger partial charge is 0.488 e. The molecule has 3 aromatic carbocycles. The zero-order chi connectivity index (χ0) is 16.4. The molecule has 0 aliphatic heterocycles. The molecule has 0 fully saturated rings. The van der Waals surface area contributed by atoms with Gasteiger partial charge in [-0.05, 0) is 32.9 Å². The molecular weight excluding hydrogens is 364 g/mol. The van der Waals surface area contributed by atoms with Crippen LogP contribution in [0.5, 0.6) is 5.75 Å². The topological polar surface area (TPSA) is 37.9 Å². The smallest absolute Gasteiger partial charge is 0.137 e. The number of hydrogen-bond donors (Lipinski definition) is 1. The molecule has 0 bridgehead atoms. The SMILES string of the molecule is Brc1c[nH]nc1-c1ccc2ccccc2c1OCc1ccccc1. The van der Waals surface area contributed by atoms with Crippen molar-refractivity contribution >= 4 is 26.7 Å². The van der Waals surface area contributed by atoms with E-state index in [9.17, 15) is 0 Å². The molecule has 1 heterocycles. The summed E-state index contributed by atoms with van der Waals surface area (Å²) < 4.78 is 7.16. The van der Waals surface area contributed by atoms with Gasteiger partial charge in [-0.3, -0.25) is 5.10 Å². The Morgan fingerprint density at radius 3 is 2.50 bits per heavy atom. The molecule has 0 radical (unpaired) electrons. The van der Waals surface area contributed by atoms with E-state index in [1.165, 1.54) is 0 Å². The zero-order valence-electron chi connectivity index (χ0n) is 12.9. The van der Waals surface area contributed by atoms with Gasteiger partial charge in [0, 0.05) is 17.1 Å². The molecule has 1 N–H and O–H groups in total. The van der Waals surface area contributed by atoms with Crippen LogP contribution >= 0.6 is 15.9 Å². The van der Waals surface area contributed by atoms with E-state index in [1.807, 2.05) is 36.5 Å². The molecule has 3 nitrogen and oxygen atoms in total. The number of hydrogen-bond acceptors (Lipinski definition) is 2. The van der Waals surface area contributed by atoms with Crippen LogP contribution in [0.25, 0.3) is 22.0 Å². The fourth-order valence-corrected chi connectivity index (χ4v) is 3.18. The Morgan fingerprint density at radius 2 is 1.71 bits per heavy atom. The van der Waals surface area contributed by atoms with E-state index >= 15 is 0 Å². The van der Waals surface area contributed by atoms with Gasteiger partial charge >= 0.3 is 0 Å². The number of halogens is 1. The fourth-order valence-electron chi connectivity index (χ4n) is 2.78. The molecule has 0 aliphatic carbocycles. The number of nitrogens with zero attached hydrogens (tertiary/aromatic N) is 1. The lowest BCUT2D eigenvalue weighted by molar-refractivity contribution is 0.311. The lowest BCUT2D eigenvalue weighted by Crippen LogP contribution is -1.98. The summed E-state index contributed by atoms with van der Waals surface area (Å²) in [5.74, 6) is 0.852. The second-order valence-electron chi connectivity index (χ2n) is 5.52. The highest BCUT2D eigenvalue weighted by Crippen LogP contribution is 2.39. The first-order chi connectivity index (χ1) is 11.8. The maximum absolute atomic E-state index is 6.24. The van der Waals surface area contributed by atoms with E-state index in [2.05, 4.69) is 62.5 Å². The van der Waals surface area contributed by atoms with E-state index < -0.39 is 0 Å². The third kappa shape index (κ3) is 2.81. The van der Waals surface area contributed by atoms with Crippen molar-refractivity contribution in [1.29, 1.82) is 0 Å². The highest BCUT2D eigenvalue weighted by atomic mass is 79.9. The highest BCUT2D eigenvalue weighted by Gasteiger charge is 2.15. The number of H-pyrrole nitrogens is 1. The first kappa shape index (κ1) is 15.0. The maximum Gasteiger partial charge on any atom is 0.137 e. The quantitative estimate of drug-likeness (QED) is 0.503. The number of nitrogens with one attached hydrogen (secondary N) is 1. The summed E-state index contributed by atoms with van der Waals surface area (Å²) in [6, 6.07) is 22.6. The summed E-state index contributed by atoms with van der Waals surface area (Å²) in [4.78, 5) is 0. The molecule has 0 aliphatic rings. The van der Waals surface area contributed by atoms with Gasteiger partial charge in [0.1, 0.15) is 18.1 Å². The Balaban J connectivity index is 1.82. The first-order valence-corrected chi connectivity index (χ1v) is 8.50. The molecule has 0 unspecified atom stereocenters. The van der Waals surface area contributed by atoms with Crippen LogP contribution in [0.4, 0.5) is 0 Å². The van der Waals surface area contributed by atoms with Crippen molar-refractivity contribution < 1.29 is 4.74 Å². The van der Waals surface area contributed by atoms with Crippen LogP contribution in [0, 0.1) is 0 Å². The Bertz CT molecular complexity index is 979. The van der Waals surface area contributed by atoms with Crippen LogP contribution in [0.15, 0.2) is 77.4 Å². The van der Waals surface area contributed by atoms with Crippen molar-refractivity contribution in [3.05, 3.63) is 83.0 Å². The molecule has 0 amide bonds. The Hall–Kier alpha value is -2.59. The van der Waals surface area contributed by atoms with Crippen LogP contribution in [0.1, 0.15) is 5.56 Å². The Labute approximate surface area is 148 Å². The molecule has 118 valence electrons. The van der Waals surface area contributed by atoms with Crippen molar-refractivity contribution in [2.45, 2.75) is 6.61 Å². The minimum absolute atomic E-state index is 0.518. The van der Waals surface area contributed by atoms with Crippen LogP contribution in [-0.4, -0.2) is 10.2 Å². The predicted octanol–water partition coefficient (Wildman–Crippen LogP) is 5.57. The van der Waals surface area contributed by atoms with Crippen LogP contribution in [0.2, 0.25) is 0 Å². The molecule has 4 aromatic rings. The summed E-state index contributed by atoms with van der Waals surface area (Å²) in [5, 5.41) is 9.48. The molecular formula is C20H15BrN2O. The van der Waals surface area contributed by atoms with Gasteiger partial charge in [-0.2, -0.15) is 5.10 Å². The molecule has 24 heavy (non-hydrogen) atoms. The van der Waals surface area contributed by atoms with Crippen molar-refractivity contribution in [1.82, 2.24) is 10.2 Å². The normalized spacial score (nSPS) is 10.9. The summed E-state index contributed by atoms with van der Waals surface area (Å²) in [6.07, 6.45) is 1.82. The zero-order valence-corrected chi connectivity index (χ0v) is 14.5. The van der Waals surface area contributed by atoms with E-state index in [1.54, 1.807) is 0 Å². The van der Waals surface area contributed by atoms with Crippen LogP contribution in [-0.2, 0) is 6.61 Å². The highest BCUT2D eigenvalue weighted by molar-refractivity contribution is 9.10. The number of benzene rings is 3. The monoisotopic (exact) mass is 378 g/mol. The van der Waals surface area contributed by atoms with Crippen LogP contribution < -0.4 is 4.74 Å². The van der Waals surface area contributed by atoms with Crippen molar-refractivity contribution in [3.8, 4) is 17.0 Å². The predicted molar refractivity (Wildman–Crippen MR) is 100 cm³/mol. The molecule has 0 saturated carbocycles. The number of aromatic amines is 1. The molecule has 4 rings (SSSR count). The maximum atomic E-state index is 6.24. The van der Waals surface area contributed by atoms with Crippen molar-refractivity contribution in [3.63, 3.8) is 0 Å². The average molecular weight is 379 g/mol. The van der Waals surface area contributed by atoms with Crippen LogP contribution in [0.3, 0.4) is 0 Å². The Kier molecular flexibility index (Phi) is 4.05. The number of rotatable bonds is 4. The van der Waals surface area contributed by atoms with Crippen molar-refractivity contribution in [2.24, 2.45) is 0 Å². The lowest BCUT2D eigenvalue weighted by atomic mass is 10.0. The van der Waals surface area contributed by atoms with E-state index in [-0.39, 0.29) is 0 Å². The average Bonchev–Trinajstić information content (AvgIpc) is 3.06. The standard InChI is InChI=1S/C20H15BrN2O/c21-18-12-22-23-19(18)17-11-10-15-8-4-5-9-16(15)20(17)24-13-14-6-2-1-3-7-14/h1-12H,13H2,(H,22,23). The van der Waals surface area contributed by atoms with E-state index in [0.717, 1.165) is 37.8 Å². The number of aromatic nitrogens is 2. The van der Waals surface area contributed by atoms with Gasteiger partial charge in [-0.15, -0.1) is 0 Å². The third-order valence-corrected chi connectivity index (χ3v) is 4.56. The first-order valence-electron chi connectivity index (χ1n) is 7.71. The van der Waals surface area contributed by atoms with Gasteiger partial charge in [0.15, 0.2) is 0 Å². The third-order valence-electron chi connectivity index (χ3n) is 3.95. The molecule has 0 saturated heterocycles. The van der Waals surface area contributed by atoms with Crippen molar-refractivity contribution in [2.75, 3.05) is 0 Å². The summed E-state index contributed by atoms with van der Waals surface area (Å²) >= 11 is 3.55. The van der Waals surface area contributed by atoms with E-state index in [4.69, 9.17) is 4.74 Å². The fraction of sp³-hybridized carbons (Fsp3) is 0.0500. The molecule has 0 spiro atoms. The van der Waals surface area contributed by atoms with E-state index in [0.29, 0.717) is 6.61 Å². The molecule has 1 aromatic heterocycles. The second kappa shape index (κ2) is 6.49. The number of ether oxygens (including phenoxy) is 1. The van der Waals surface area contributed by atoms with Gasteiger partial charge in [0.25, 0.3) is 0 Å². The second-order valence-corrected chi connectivity index (χ2v) is 6.37. The lowest BCUT2D eigenvalue weighted by Gasteiger charge is -2.14. The minimum atomic E-state index is 0.518. The van der Waals surface area contributed by atoms with Gasteiger partial charge in [-0.25, -0.2) is 0 Å². The molecule has 4 heteroatoms. The van der Waals surface area contributed by atoms with Gasteiger partial charge in [0.2, 0.25) is 0 Å². The summed E-state index contributed by atoms with van der Waals surface area (Å²) in [6.45, 7) is 0.518. The van der Waals surface area contributed by atoms with Gasteiger partial charge in [-0.1, -0.05) is 60.7 Å². The number of fused-ring (bicyclic) bond motifs is 1. The molecule has 0 atom stereocenters. The Morgan fingerprint density at radius 1 is 0.917 bits per heavy atom. The van der Waals surface area contributed by atoms with Gasteiger partial charge < -0.3 is 4.74 Å². The van der Waals surface area contributed by atoms with Gasteiger partial charge in [0.05, 0.1) is 4.47 Å².